The fraction of sp³-hybridized carbons (Fsp3) is 0. The van der Waals surface area contributed by atoms with E-state index in [0.29, 0.717) is 16.5 Å². The number of carbonyl (C=O) groups excluding carboxylic acids is 1. The Balaban J connectivity index is 2.89. The van der Waals surface area contributed by atoms with Gasteiger partial charge in [-0.1, -0.05) is 0 Å². The lowest BCUT2D eigenvalue weighted by Gasteiger charge is -1.97. The van der Waals surface area contributed by atoms with Gasteiger partial charge in [0.2, 0.25) is 0 Å². The van der Waals surface area contributed by atoms with Gasteiger partial charge in [0.05, 0.1) is 6.20 Å². The Bertz CT molecular complexity index is 480. The van der Waals surface area contributed by atoms with E-state index in [1.54, 1.807) is 6.20 Å². The first-order valence-electron chi connectivity index (χ1n) is 3.49. The van der Waals surface area contributed by atoms with Gasteiger partial charge in [0.15, 0.2) is 17.8 Å². The molecule has 3 nitrogen and oxygen atoms in total. The van der Waals surface area contributed by atoms with E-state index >= 15 is 0 Å². The molecule has 0 aromatic carbocycles. The molecule has 66 valence electrons. The Morgan fingerprint density at radius 2 is 2.38 bits per heavy atom. The van der Waals surface area contributed by atoms with Crippen LogP contribution in [0.1, 0.15) is 10.5 Å². The van der Waals surface area contributed by atoms with E-state index in [-0.39, 0.29) is 5.65 Å². The molecule has 0 N–H and O–H groups in total. The van der Waals surface area contributed by atoms with Crippen LogP contribution in [0.4, 0.5) is 4.39 Å². The second kappa shape index (κ2) is 2.92. The van der Waals surface area contributed by atoms with Crippen LogP contribution in [0.15, 0.2) is 22.9 Å². The van der Waals surface area contributed by atoms with Crippen LogP contribution in [0.25, 0.3) is 5.65 Å². The van der Waals surface area contributed by atoms with Crippen molar-refractivity contribution in [3.63, 3.8) is 0 Å². The number of carbonyl (C=O) groups is 1. The Morgan fingerprint density at radius 3 is 3.08 bits per heavy atom. The molecule has 2 heterocycles. The van der Waals surface area contributed by atoms with Gasteiger partial charge in [-0.3, -0.25) is 9.20 Å². The second-order valence-corrected chi connectivity index (χ2v) is 3.42. The van der Waals surface area contributed by atoms with Crippen molar-refractivity contribution in [3.8, 4) is 0 Å². The predicted octanol–water partition coefficient (Wildman–Crippen LogP) is 2.05. The number of aldehydes is 1. The van der Waals surface area contributed by atoms with Gasteiger partial charge in [0.1, 0.15) is 5.69 Å². The predicted molar refractivity (Wildman–Crippen MR) is 48.2 cm³/mol. The summed E-state index contributed by atoms with van der Waals surface area (Å²) in [5.41, 5.74) is 0.487. The molecule has 0 unspecified atom stereocenters. The van der Waals surface area contributed by atoms with E-state index < -0.39 is 5.82 Å². The number of nitrogens with zero attached hydrogens (tertiary/aromatic N) is 2. The number of hydrogen-bond donors (Lipinski definition) is 0. The molecule has 0 spiro atoms. The molecular weight excluding hydrogens is 239 g/mol. The van der Waals surface area contributed by atoms with Crippen molar-refractivity contribution in [2.75, 3.05) is 0 Å². The third-order valence-corrected chi connectivity index (χ3v) is 2.11. The fourth-order valence-electron chi connectivity index (χ4n) is 1.12. The van der Waals surface area contributed by atoms with Gasteiger partial charge in [-0.15, -0.1) is 0 Å². The van der Waals surface area contributed by atoms with Crippen molar-refractivity contribution in [1.82, 2.24) is 9.38 Å². The van der Waals surface area contributed by atoms with Gasteiger partial charge < -0.3 is 0 Å². The molecule has 0 aliphatic rings. The van der Waals surface area contributed by atoms with E-state index in [9.17, 15) is 9.18 Å². The number of hydrogen-bond acceptors (Lipinski definition) is 2. The van der Waals surface area contributed by atoms with Gasteiger partial charge in [0.25, 0.3) is 0 Å². The average molecular weight is 243 g/mol. The Labute approximate surface area is 81.3 Å². The maximum Gasteiger partial charge on any atom is 0.173 e. The first-order chi connectivity index (χ1) is 6.22. The molecular formula is C8H4BrFN2O. The minimum atomic E-state index is -0.456. The Morgan fingerprint density at radius 1 is 1.62 bits per heavy atom. The van der Waals surface area contributed by atoms with Crippen LogP contribution >= 0.6 is 15.9 Å². The summed E-state index contributed by atoms with van der Waals surface area (Å²) in [7, 11) is 0. The van der Waals surface area contributed by atoms with E-state index in [1.807, 2.05) is 0 Å². The van der Waals surface area contributed by atoms with E-state index in [4.69, 9.17) is 0 Å². The molecule has 2 aromatic rings. The maximum atomic E-state index is 13.2. The van der Waals surface area contributed by atoms with Crippen molar-refractivity contribution in [1.29, 1.82) is 0 Å². The lowest BCUT2D eigenvalue weighted by atomic mass is 10.4. The largest absolute Gasteiger partial charge is 0.296 e. The molecule has 0 amide bonds. The summed E-state index contributed by atoms with van der Waals surface area (Å²) >= 11 is 3.13. The second-order valence-electron chi connectivity index (χ2n) is 2.50. The van der Waals surface area contributed by atoms with Gasteiger partial charge in [-0.25, -0.2) is 9.37 Å². The molecule has 0 aliphatic carbocycles. The molecule has 0 saturated heterocycles. The summed E-state index contributed by atoms with van der Waals surface area (Å²) in [6.45, 7) is 0. The monoisotopic (exact) mass is 242 g/mol. The van der Waals surface area contributed by atoms with Gasteiger partial charge in [-0.05, 0) is 22.0 Å². The number of pyridine rings is 1. The molecule has 0 radical (unpaired) electrons. The first kappa shape index (κ1) is 8.37. The van der Waals surface area contributed by atoms with Gasteiger partial charge >= 0.3 is 0 Å². The van der Waals surface area contributed by atoms with Crippen molar-refractivity contribution in [2.45, 2.75) is 0 Å². The molecule has 5 heteroatoms. The van der Waals surface area contributed by atoms with E-state index in [1.165, 1.54) is 16.7 Å². The summed E-state index contributed by atoms with van der Waals surface area (Å²) in [5.74, 6) is -0.456. The van der Waals surface area contributed by atoms with E-state index in [0.717, 1.165) is 0 Å². The van der Waals surface area contributed by atoms with Crippen molar-refractivity contribution < 1.29 is 9.18 Å². The molecule has 2 rings (SSSR count). The minimum absolute atomic E-state index is 0.158. The quantitative estimate of drug-likeness (QED) is 0.718. The zero-order valence-electron chi connectivity index (χ0n) is 6.37. The Kier molecular flexibility index (Phi) is 1.88. The van der Waals surface area contributed by atoms with Crippen LogP contribution in [0, 0.1) is 5.82 Å². The van der Waals surface area contributed by atoms with Crippen molar-refractivity contribution >= 4 is 27.9 Å². The van der Waals surface area contributed by atoms with Crippen LogP contribution < -0.4 is 0 Å². The van der Waals surface area contributed by atoms with Crippen LogP contribution in [0.5, 0.6) is 0 Å². The fourth-order valence-corrected chi connectivity index (χ4v) is 1.53. The third-order valence-electron chi connectivity index (χ3n) is 1.68. The molecule has 0 atom stereocenters. The van der Waals surface area contributed by atoms with Crippen molar-refractivity contribution in [2.24, 2.45) is 0 Å². The number of rotatable bonds is 1. The number of halogens is 2. The zero-order valence-corrected chi connectivity index (χ0v) is 7.95. The van der Waals surface area contributed by atoms with Gasteiger partial charge in [0, 0.05) is 10.7 Å². The highest BCUT2D eigenvalue weighted by molar-refractivity contribution is 9.10. The molecule has 0 saturated carbocycles. The lowest BCUT2D eigenvalue weighted by molar-refractivity contribution is 0.111. The number of imidazole rings is 1. The molecule has 0 fully saturated rings. The number of aromatic nitrogens is 2. The summed E-state index contributed by atoms with van der Waals surface area (Å²) in [6, 6.07) is 1.30. The van der Waals surface area contributed by atoms with Crippen LogP contribution in [0.2, 0.25) is 0 Å². The first-order valence-corrected chi connectivity index (χ1v) is 4.29. The van der Waals surface area contributed by atoms with Gasteiger partial charge in [-0.2, -0.15) is 0 Å². The average Bonchev–Trinajstić information content (AvgIpc) is 2.47. The lowest BCUT2D eigenvalue weighted by Crippen LogP contribution is -1.92. The third kappa shape index (κ3) is 1.25. The SMILES string of the molecule is O=Cc1cnc2c(F)cc(Br)cn12. The molecule has 13 heavy (non-hydrogen) atoms. The smallest absolute Gasteiger partial charge is 0.173 e. The Hall–Kier alpha value is -1.23. The number of fused-ring (bicyclic) bond motifs is 1. The summed E-state index contributed by atoms with van der Waals surface area (Å²) in [4.78, 5) is 14.3. The highest BCUT2D eigenvalue weighted by Crippen LogP contribution is 2.16. The maximum absolute atomic E-state index is 13.2. The zero-order chi connectivity index (χ0) is 9.42. The standard InChI is InChI=1S/C8H4BrFN2O/c9-5-1-7(10)8-11-2-6(4-13)12(8)3-5/h1-4H. The molecule has 2 aromatic heterocycles. The highest BCUT2D eigenvalue weighted by atomic mass is 79.9. The van der Waals surface area contributed by atoms with Crippen LogP contribution in [-0.2, 0) is 0 Å². The molecule has 0 bridgehead atoms. The van der Waals surface area contributed by atoms with Crippen LogP contribution in [0.3, 0.4) is 0 Å². The summed E-state index contributed by atoms with van der Waals surface area (Å²) in [5, 5.41) is 0. The van der Waals surface area contributed by atoms with Crippen molar-refractivity contribution in [3.05, 3.63) is 34.4 Å². The normalized spacial score (nSPS) is 10.6. The minimum Gasteiger partial charge on any atom is -0.296 e. The highest BCUT2D eigenvalue weighted by Gasteiger charge is 2.07. The summed E-state index contributed by atoms with van der Waals surface area (Å²) in [6.07, 6.45) is 3.55. The van der Waals surface area contributed by atoms with Crippen LogP contribution in [-0.4, -0.2) is 15.7 Å². The molecule has 0 aliphatic heterocycles. The topological polar surface area (TPSA) is 34.4 Å². The summed E-state index contributed by atoms with van der Waals surface area (Å²) < 4.78 is 15.1. The van der Waals surface area contributed by atoms with E-state index in [2.05, 4.69) is 20.9 Å².